The summed E-state index contributed by atoms with van der Waals surface area (Å²) in [5.41, 5.74) is 4.93. The molecule has 2 aromatic carbocycles. The average Bonchev–Trinajstić information content (AvgIpc) is 2.37. The summed E-state index contributed by atoms with van der Waals surface area (Å²) in [5.74, 6) is 0. The van der Waals surface area contributed by atoms with Crippen LogP contribution in [0.15, 0.2) is 48.5 Å². The maximum Gasteiger partial charge on any atom is 0.0796 e. The molecule has 1 aliphatic carbocycles. The molecule has 0 aromatic heterocycles. The van der Waals surface area contributed by atoms with Crippen molar-refractivity contribution in [2.24, 2.45) is 0 Å². The Morgan fingerprint density at radius 1 is 0.882 bits per heavy atom. The van der Waals surface area contributed by atoms with Gasteiger partial charge in [-0.2, -0.15) is 0 Å². The van der Waals surface area contributed by atoms with Crippen LogP contribution >= 0.6 is 0 Å². The van der Waals surface area contributed by atoms with E-state index in [9.17, 15) is 5.11 Å². The van der Waals surface area contributed by atoms with Gasteiger partial charge in [-0.15, -0.1) is 0 Å². The molecule has 0 fully saturated rings. The fourth-order valence-corrected chi connectivity index (χ4v) is 2.68. The lowest BCUT2D eigenvalue weighted by Crippen LogP contribution is -2.05. The third-order valence-electron chi connectivity index (χ3n) is 3.55. The van der Waals surface area contributed by atoms with Crippen LogP contribution in [0.25, 0.3) is 11.1 Å². The molecule has 17 heavy (non-hydrogen) atoms. The van der Waals surface area contributed by atoms with Crippen LogP contribution in [-0.2, 0) is 6.42 Å². The molecular weight excluding hydrogens is 208 g/mol. The maximum atomic E-state index is 10.2. The minimum Gasteiger partial charge on any atom is -0.388 e. The zero-order valence-electron chi connectivity index (χ0n) is 9.76. The lowest BCUT2D eigenvalue weighted by Gasteiger charge is -2.21. The Morgan fingerprint density at radius 2 is 1.59 bits per heavy atom. The second-order valence-corrected chi connectivity index (χ2v) is 4.65. The molecule has 0 heterocycles. The van der Waals surface area contributed by atoms with Gasteiger partial charge in [0.25, 0.3) is 0 Å². The van der Waals surface area contributed by atoms with E-state index in [4.69, 9.17) is 0 Å². The highest BCUT2D eigenvalue weighted by molar-refractivity contribution is 5.71. The number of hydrogen-bond acceptors (Lipinski definition) is 1. The Morgan fingerprint density at radius 3 is 2.47 bits per heavy atom. The predicted molar refractivity (Wildman–Crippen MR) is 69.8 cm³/mol. The molecule has 86 valence electrons. The SMILES string of the molecule is OC1CCCc2ccccc2-c2ccccc21. The Bertz CT molecular complexity index is 531. The van der Waals surface area contributed by atoms with Crippen molar-refractivity contribution < 1.29 is 5.11 Å². The van der Waals surface area contributed by atoms with Gasteiger partial charge in [-0.05, 0) is 41.5 Å². The van der Waals surface area contributed by atoms with Gasteiger partial charge in [0, 0.05) is 0 Å². The minimum absolute atomic E-state index is 0.320. The summed E-state index contributed by atoms with van der Waals surface area (Å²) in [4.78, 5) is 0. The molecular formula is C16H16O. The highest BCUT2D eigenvalue weighted by atomic mass is 16.3. The normalized spacial score (nSPS) is 18.8. The van der Waals surface area contributed by atoms with Crippen LogP contribution in [0.1, 0.15) is 30.1 Å². The van der Waals surface area contributed by atoms with E-state index < -0.39 is 0 Å². The molecule has 0 spiro atoms. The van der Waals surface area contributed by atoms with E-state index in [0.29, 0.717) is 0 Å². The number of aliphatic hydroxyl groups excluding tert-OH is 1. The topological polar surface area (TPSA) is 20.2 Å². The molecule has 0 saturated carbocycles. The van der Waals surface area contributed by atoms with Gasteiger partial charge >= 0.3 is 0 Å². The van der Waals surface area contributed by atoms with Crippen LogP contribution in [0.5, 0.6) is 0 Å². The van der Waals surface area contributed by atoms with E-state index in [1.807, 2.05) is 18.2 Å². The third-order valence-corrected chi connectivity index (χ3v) is 3.55. The predicted octanol–water partition coefficient (Wildman–Crippen LogP) is 3.72. The van der Waals surface area contributed by atoms with Gasteiger partial charge in [0.15, 0.2) is 0 Å². The molecule has 0 bridgehead atoms. The first-order valence-electron chi connectivity index (χ1n) is 6.21. The van der Waals surface area contributed by atoms with E-state index >= 15 is 0 Å². The van der Waals surface area contributed by atoms with E-state index in [2.05, 4.69) is 30.3 Å². The Hall–Kier alpha value is -1.60. The Balaban J connectivity index is 2.24. The average molecular weight is 224 g/mol. The van der Waals surface area contributed by atoms with E-state index in [1.165, 1.54) is 16.7 Å². The quantitative estimate of drug-likeness (QED) is 0.723. The first kappa shape index (κ1) is 10.5. The fourth-order valence-electron chi connectivity index (χ4n) is 2.68. The summed E-state index contributed by atoms with van der Waals surface area (Å²) in [6.07, 6.45) is 2.64. The molecule has 0 amide bonds. The smallest absolute Gasteiger partial charge is 0.0796 e. The molecule has 0 radical (unpaired) electrons. The number of rotatable bonds is 0. The van der Waals surface area contributed by atoms with Gasteiger partial charge in [-0.3, -0.25) is 0 Å². The Kier molecular flexibility index (Phi) is 2.69. The minimum atomic E-state index is -0.320. The maximum absolute atomic E-state index is 10.2. The first-order valence-corrected chi connectivity index (χ1v) is 6.21. The molecule has 1 unspecified atom stereocenters. The van der Waals surface area contributed by atoms with Crippen molar-refractivity contribution in [2.75, 3.05) is 0 Å². The van der Waals surface area contributed by atoms with E-state index in [0.717, 1.165) is 24.8 Å². The number of hydrogen-bond donors (Lipinski definition) is 1. The third kappa shape index (κ3) is 1.87. The molecule has 1 atom stereocenters. The fraction of sp³-hybridized carbons (Fsp3) is 0.250. The van der Waals surface area contributed by atoms with Gasteiger partial charge < -0.3 is 5.11 Å². The summed E-state index contributed by atoms with van der Waals surface area (Å²) >= 11 is 0. The van der Waals surface area contributed by atoms with Crippen LogP contribution < -0.4 is 0 Å². The summed E-state index contributed by atoms with van der Waals surface area (Å²) < 4.78 is 0. The van der Waals surface area contributed by atoms with Crippen molar-refractivity contribution in [2.45, 2.75) is 25.4 Å². The molecule has 1 nitrogen and oxygen atoms in total. The second-order valence-electron chi connectivity index (χ2n) is 4.65. The van der Waals surface area contributed by atoms with Crippen molar-refractivity contribution in [1.29, 1.82) is 0 Å². The zero-order valence-corrected chi connectivity index (χ0v) is 9.76. The zero-order chi connectivity index (χ0) is 11.7. The lowest BCUT2D eigenvalue weighted by molar-refractivity contribution is 0.164. The number of fused-ring (bicyclic) bond motifs is 3. The summed E-state index contributed by atoms with van der Waals surface area (Å²) in [6, 6.07) is 16.7. The molecule has 1 aliphatic rings. The highest BCUT2D eigenvalue weighted by Gasteiger charge is 2.17. The van der Waals surface area contributed by atoms with Gasteiger partial charge in [-0.1, -0.05) is 48.5 Å². The Labute approximate surface area is 102 Å². The van der Waals surface area contributed by atoms with Crippen molar-refractivity contribution in [3.05, 3.63) is 59.7 Å². The van der Waals surface area contributed by atoms with Crippen LogP contribution in [0, 0.1) is 0 Å². The summed E-state index contributed by atoms with van der Waals surface area (Å²) in [7, 11) is 0. The second kappa shape index (κ2) is 4.34. The largest absolute Gasteiger partial charge is 0.388 e. The van der Waals surface area contributed by atoms with E-state index in [-0.39, 0.29) is 6.10 Å². The summed E-state index contributed by atoms with van der Waals surface area (Å²) in [5, 5.41) is 10.2. The molecule has 0 saturated heterocycles. The number of benzene rings is 2. The van der Waals surface area contributed by atoms with Crippen molar-refractivity contribution in [1.82, 2.24) is 0 Å². The van der Waals surface area contributed by atoms with E-state index in [1.54, 1.807) is 0 Å². The number of aliphatic hydroxyl groups is 1. The number of aryl methyl sites for hydroxylation is 1. The van der Waals surface area contributed by atoms with Crippen LogP contribution in [0.3, 0.4) is 0 Å². The van der Waals surface area contributed by atoms with Crippen molar-refractivity contribution in [3.8, 4) is 11.1 Å². The first-order chi connectivity index (χ1) is 8.36. The van der Waals surface area contributed by atoms with Gasteiger partial charge in [0.2, 0.25) is 0 Å². The van der Waals surface area contributed by atoms with Gasteiger partial charge in [0.1, 0.15) is 0 Å². The highest BCUT2D eigenvalue weighted by Crippen LogP contribution is 2.35. The molecule has 3 rings (SSSR count). The molecule has 1 heteroatoms. The van der Waals surface area contributed by atoms with Crippen molar-refractivity contribution >= 4 is 0 Å². The standard InChI is InChI=1S/C16H16O/c17-16-11-5-7-12-6-1-2-8-13(12)14-9-3-4-10-15(14)16/h1-4,6,8-10,16-17H,5,7,11H2. The lowest BCUT2D eigenvalue weighted by atomic mass is 9.87. The molecule has 0 aliphatic heterocycles. The molecule has 2 aromatic rings. The van der Waals surface area contributed by atoms with Crippen LogP contribution in [-0.4, -0.2) is 5.11 Å². The van der Waals surface area contributed by atoms with Crippen molar-refractivity contribution in [3.63, 3.8) is 0 Å². The van der Waals surface area contributed by atoms with Crippen LogP contribution in [0.4, 0.5) is 0 Å². The monoisotopic (exact) mass is 224 g/mol. The van der Waals surface area contributed by atoms with Crippen LogP contribution in [0.2, 0.25) is 0 Å². The van der Waals surface area contributed by atoms with Gasteiger partial charge in [-0.25, -0.2) is 0 Å². The van der Waals surface area contributed by atoms with Gasteiger partial charge in [0.05, 0.1) is 6.10 Å². The molecule has 1 N–H and O–H groups in total. The summed E-state index contributed by atoms with van der Waals surface area (Å²) in [6.45, 7) is 0.